The Balaban J connectivity index is 1.39. The maximum atomic E-state index is 13.1. The summed E-state index contributed by atoms with van der Waals surface area (Å²) in [7, 11) is 0. The molecule has 0 N–H and O–H groups in total. The van der Waals surface area contributed by atoms with Gasteiger partial charge in [0.2, 0.25) is 5.95 Å². The van der Waals surface area contributed by atoms with Gasteiger partial charge in [-0.2, -0.15) is 0 Å². The summed E-state index contributed by atoms with van der Waals surface area (Å²) in [4.78, 5) is 14.5. The van der Waals surface area contributed by atoms with E-state index in [1.807, 2.05) is 18.3 Å². The van der Waals surface area contributed by atoms with Crippen LogP contribution in [0, 0.1) is 11.7 Å². The van der Waals surface area contributed by atoms with E-state index in [2.05, 4.69) is 19.9 Å². The molecule has 0 amide bonds. The molecule has 0 bridgehead atoms. The van der Waals surface area contributed by atoms with E-state index in [1.165, 1.54) is 12.4 Å². The van der Waals surface area contributed by atoms with Crippen LogP contribution >= 0.6 is 0 Å². The molecule has 1 aliphatic carbocycles. The number of halogens is 1. The van der Waals surface area contributed by atoms with E-state index in [-0.39, 0.29) is 5.60 Å². The monoisotopic (exact) mass is 358 g/mol. The Bertz CT molecular complexity index is 715. The van der Waals surface area contributed by atoms with Crippen molar-refractivity contribution >= 4 is 5.95 Å². The SMILES string of the molecule is Fc1cnc(N2CCO[C@]3(CCC[C@H]3COCc3cccnc3)C2)nc1. The van der Waals surface area contributed by atoms with Crippen molar-refractivity contribution in [2.75, 3.05) is 31.2 Å². The molecule has 4 rings (SSSR count). The van der Waals surface area contributed by atoms with E-state index < -0.39 is 5.82 Å². The number of morpholine rings is 1. The van der Waals surface area contributed by atoms with Crippen molar-refractivity contribution < 1.29 is 13.9 Å². The van der Waals surface area contributed by atoms with Crippen LogP contribution in [0.3, 0.4) is 0 Å². The van der Waals surface area contributed by atoms with Crippen molar-refractivity contribution in [1.29, 1.82) is 0 Å². The predicted molar refractivity (Wildman–Crippen MR) is 94.1 cm³/mol. The highest BCUT2D eigenvalue weighted by atomic mass is 19.1. The Morgan fingerprint density at radius 3 is 3.00 bits per heavy atom. The lowest BCUT2D eigenvalue weighted by molar-refractivity contribution is -0.101. The number of ether oxygens (including phenoxy) is 2. The third-order valence-electron chi connectivity index (χ3n) is 5.31. The molecule has 2 fully saturated rings. The number of pyridine rings is 1. The molecule has 1 aliphatic heterocycles. The van der Waals surface area contributed by atoms with Gasteiger partial charge in [0.25, 0.3) is 0 Å². The fraction of sp³-hybridized carbons (Fsp3) is 0.526. The van der Waals surface area contributed by atoms with Gasteiger partial charge >= 0.3 is 0 Å². The normalized spacial score (nSPS) is 25.7. The molecule has 2 aromatic heterocycles. The molecule has 0 unspecified atom stereocenters. The number of hydrogen-bond donors (Lipinski definition) is 0. The van der Waals surface area contributed by atoms with Crippen molar-refractivity contribution in [2.45, 2.75) is 31.5 Å². The number of anilines is 1. The molecule has 138 valence electrons. The van der Waals surface area contributed by atoms with E-state index in [1.54, 1.807) is 6.20 Å². The van der Waals surface area contributed by atoms with Crippen LogP contribution in [-0.2, 0) is 16.1 Å². The van der Waals surface area contributed by atoms with Crippen LogP contribution in [-0.4, -0.2) is 46.9 Å². The first-order valence-corrected chi connectivity index (χ1v) is 9.08. The molecule has 1 saturated heterocycles. The zero-order valence-corrected chi connectivity index (χ0v) is 14.7. The number of aromatic nitrogens is 3. The van der Waals surface area contributed by atoms with E-state index in [0.717, 1.165) is 37.9 Å². The molecule has 2 aliphatic rings. The molecule has 0 radical (unpaired) electrons. The third-order valence-corrected chi connectivity index (χ3v) is 5.31. The zero-order chi connectivity index (χ0) is 17.8. The smallest absolute Gasteiger partial charge is 0.225 e. The largest absolute Gasteiger partial charge is 0.376 e. The number of nitrogens with zero attached hydrogens (tertiary/aromatic N) is 4. The van der Waals surface area contributed by atoms with E-state index in [4.69, 9.17) is 9.47 Å². The van der Waals surface area contributed by atoms with Gasteiger partial charge in [-0.25, -0.2) is 14.4 Å². The fourth-order valence-corrected chi connectivity index (χ4v) is 4.00. The first-order chi connectivity index (χ1) is 12.8. The van der Waals surface area contributed by atoms with Crippen molar-refractivity contribution in [3.8, 4) is 0 Å². The van der Waals surface area contributed by atoms with Crippen LogP contribution in [0.4, 0.5) is 10.3 Å². The molecule has 2 atom stereocenters. The minimum absolute atomic E-state index is 0.231. The Morgan fingerprint density at radius 2 is 2.19 bits per heavy atom. The predicted octanol–water partition coefficient (Wildman–Crippen LogP) is 2.60. The maximum Gasteiger partial charge on any atom is 0.225 e. The average molecular weight is 358 g/mol. The summed E-state index contributed by atoms with van der Waals surface area (Å²) in [6, 6.07) is 3.93. The second-order valence-corrected chi connectivity index (χ2v) is 7.00. The Kier molecular flexibility index (Phi) is 5.08. The lowest BCUT2D eigenvalue weighted by atomic mass is 9.89. The topological polar surface area (TPSA) is 60.4 Å². The number of rotatable bonds is 5. The second-order valence-electron chi connectivity index (χ2n) is 7.00. The summed E-state index contributed by atoms with van der Waals surface area (Å²) < 4.78 is 25.3. The second kappa shape index (κ2) is 7.63. The molecular formula is C19H23FN4O2. The van der Waals surface area contributed by atoms with Crippen LogP contribution < -0.4 is 4.90 Å². The lowest BCUT2D eigenvalue weighted by Crippen LogP contribution is -2.55. The Morgan fingerprint density at radius 1 is 1.31 bits per heavy atom. The molecule has 1 spiro atoms. The Labute approximate surface area is 152 Å². The van der Waals surface area contributed by atoms with Crippen molar-refractivity contribution in [2.24, 2.45) is 5.92 Å². The van der Waals surface area contributed by atoms with Crippen molar-refractivity contribution in [1.82, 2.24) is 15.0 Å². The molecular weight excluding hydrogens is 335 g/mol. The van der Waals surface area contributed by atoms with Crippen LogP contribution in [0.25, 0.3) is 0 Å². The lowest BCUT2D eigenvalue weighted by Gasteiger charge is -2.44. The molecule has 7 heteroatoms. The van der Waals surface area contributed by atoms with Gasteiger partial charge in [0.05, 0.1) is 44.4 Å². The van der Waals surface area contributed by atoms with Gasteiger partial charge in [0.15, 0.2) is 5.82 Å². The summed E-state index contributed by atoms with van der Waals surface area (Å²) in [5.41, 5.74) is 0.843. The summed E-state index contributed by atoms with van der Waals surface area (Å²) in [5.74, 6) is 0.484. The quantitative estimate of drug-likeness (QED) is 0.819. The summed E-state index contributed by atoms with van der Waals surface area (Å²) in [6.45, 7) is 3.29. The first-order valence-electron chi connectivity index (χ1n) is 9.08. The molecule has 1 saturated carbocycles. The highest BCUT2D eigenvalue weighted by molar-refractivity contribution is 5.31. The van der Waals surface area contributed by atoms with Gasteiger partial charge in [-0.1, -0.05) is 12.5 Å². The van der Waals surface area contributed by atoms with Crippen LogP contribution in [0.2, 0.25) is 0 Å². The van der Waals surface area contributed by atoms with Gasteiger partial charge in [-0.15, -0.1) is 0 Å². The maximum absolute atomic E-state index is 13.1. The van der Waals surface area contributed by atoms with E-state index in [0.29, 0.717) is 31.7 Å². The molecule has 26 heavy (non-hydrogen) atoms. The minimum Gasteiger partial charge on any atom is -0.376 e. The van der Waals surface area contributed by atoms with Crippen LogP contribution in [0.15, 0.2) is 36.9 Å². The van der Waals surface area contributed by atoms with E-state index in [9.17, 15) is 4.39 Å². The highest BCUT2D eigenvalue weighted by Gasteiger charge is 2.47. The Hall–Kier alpha value is -2.12. The molecule has 2 aromatic rings. The van der Waals surface area contributed by atoms with Crippen LogP contribution in [0.1, 0.15) is 24.8 Å². The van der Waals surface area contributed by atoms with Crippen molar-refractivity contribution in [3.05, 3.63) is 48.3 Å². The summed E-state index contributed by atoms with van der Waals surface area (Å²) >= 11 is 0. The average Bonchev–Trinajstić information content (AvgIpc) is 3.05. The van der Waals surface area contributed by atoms with Gasteiger partial charge in [-0.3, -0.25) is 4.98 Å². The minimum atomic E-state index is -0.417. The summed E-state index contributed by atoms with van der Waals surface area (Å²) in [5, 5.41) is 0. The van der Waals surface area contributed by atoms with Gasteiger partial charge in [0, 0.05) is 24.9 Å². The molecule has 3 heterocycles. The van der Waals surface area contributed by atoms with Gasteiger partial charge in [-0.05, 0) is 24.5 Å². The van der Waals surface area contributed by atoms with Gasteiger partial charge < -0.3 is 14.4 Å². The first kappa shape index (κ1) is 17.3. The van der Waals surface area contributed by atoms with E-state index >= 15 is 0 Å². The standard InChI is InChI=1S/C19H23FN4O2/c20-17-10-22-18(23-11-17)24-7-8-26-19(14-24)5-1-4-16(19)13-25-12-15-3-2-6-21-9-15/h2-3,6,9-11,16H,1,4-5,7-8,12-14H2/t16-,19+/m0/s1. The van der Waals surface area contributed by atoms with Crippen LogP contribution in [0.5, 0.6) is 0 Å². The highest BCUT2D eigenvalue weighted by Crippen LogP contribution is 2.41. The van der Waals surface area contributed by atoms with Gasteiger partial charge in [0.1, 0.15) is 0 Å². The third kappa shape index (κ3) is 3.68. The molecule has 6 nitrogen and oxygen atoms in total. The zero-order valence-electron chi connectivity index (χ0n) is 14.7. The number of hydrogen-bond acceptors (Lipinski definition) is 6. The fourth-order valence-electron chi connectivity index (χ4n) is 4.00. The van der Waals surface area contributed by atoms with Crippen molar-refractivity contribution in [3.63, 3.8) is 0 Å². The molecule has 0 aromatic carbocycles. The summed E-state index contributed by atoms with van der Waals surface area (Å²) in [6.07, 6.45) is 9.24.